The second-order valence-electron chi connectivity index (χ2n) is 12.3. The molecule has 340 valence electrons. The first-order valence-corrected chi connectivity index (χ1v) is 23.0. The summed E-state index contributed by atoms with van der Waals surface area (Å²) < 4.78 is 50.2. The second kappa shape index (κ2) is 36.1. The van der Waals surface area contributed by atoms with E-state index in [0.717, 1.165) is 61.5 Å². The topological polar surface area (TPSA) is 43.2 Å². The van der Waals surface area contributed by atoms with Crippen molar-refractivity contribution in [2.75, 3.05) is 44.0 Å². The summed E-state index contributed by atoms with van der Waals surface area (Å²) in [6, 6.07) is 62.4. The van der Waals surface area contributed by atoms with Gasteiger partial charge in [-0.2, -0.15) is 49.2 Å². The summed E-state index contributed by atoms with van der Waals surface area (Å²) in [7, 11) is -6.84. The molecule has 0 saturated carbocycles. The van der Waals surface area contributed by atoms with Crippen molar-refractivity contribution in [3.63, 3.8) is 0 Å². The van der Waals surface area contributed by atoms with Crippen LogP contribution in [-0.2, 0) is 51.6 Å². The van der Waals surface area contributed by atoms with Crippen molar-refractivity contribution in [1.82, 2.24) is 0 Å². The number of alkyl halides is 2. The van der Waals surface area contributed by atoms with Crippen LogP contribution in [0.2, 0.25) is 0 Å². The summed E-state index contributed by atoms with van der Waals surface area (Å²) in [4.78, 5) is 8.87. The van der Waals surface area contributed by atoms with E-state index in [2.05, 4.69) is 145 Å². The van der Waals surface area contributed by atoms with Crippen molar-refractivity contribution >= 4 is 79.3 Å². The van der Waals surface area contributed by atoms with Crippen LogP contribution in [0.4, 0.5) is 17.3 Å². The quantitative estimate of drug-likeness (QED) is 0.0505. The SMILES string of the molecule is ClCCl.F[B-](F)(F)F.[CH2-]c1ccccc1.[CH2-]c1ccccc1.[Cl-].[Pt+2].[Pt+2].c1ccc(P(CC2=NCCO2)c2ccccc2)cc1.c1ccc(P(CC2=NCCO2)c2ccccc2)cc1. The molecule has 63 heavy (non-hydrogen) atoms. The van der Waals surface area contributed by atoms with Crippen LogP contribution < -0.4 is 33.6 Å². The predicted molar refractivity (Wildman–Crippen MR) is 253 cm³/mol. The first-order valence-electron chi connectivity index (χ1n) is 18.9. The van der Waals surface area contributed by atoms with Gasteiger partial charge in [-0.1, -0.05) is 133 Å². The van der Waals surface area contributed by atoms with E-state index in [0.29, 0.717) is 0 Å². The van der Waals surface area contributed by atoms with Gasteiger partial charge in [0, 0.05) is 0 Å². The van der Waals surface area contributed by atoms with E-state index < -0.39 is 23.1 Å². The van der Waals surface area contributed by atoms with E-state index in [9.17, 15) is 17.3 Å². The Labute approximate surface area is 418 Å². The minimum atomic E-state index is -6.00. The number of hydrogen-bond donors (Lipinski definition) is 0. The maximum Gasteiger partial charge on any atom is 2.00 e. The molecule has 0 amide bonds. The van der Waals surface area contributed by atoms with Gasteiger partial charge in [0.05, 0.1) is 30.8 Å². The molecule has 0 aliphatic carbocycles. The third-order valence-electron chi connectivity index (χ3n) is 7.84. The van der Waals surface area contributed by atoms with Crippen molar-refractivity contribution in [3.8, 4) is 0 Å². The molecule has 0 radical (unpaired) electrons. The molecule has 2 heterocycles. The number of halogens is 7. The van der Waals surface area contributed by atoms with Crippen LogP contribution in [-0.4, -0.2) is 63.0 Å². The Morgan fingerprint density at radius 1 is 0.460 bits per heavy atom. The zero-order chi connectivity index (χ0) is 43.3. The van der Waals surface area contributed by atoms with Crippen molar-refractivity contribution < 1.29 is 81.3 Å². The van der Waals surface area contributed by atoms with Crippen LogP contribution in [0.5, 0.6) is 0 Å². The number of rotatable bonds is 8. The van der Waals surface area contributed by atoms with E-state index in [1.165, 1.54) is 21.2 Å². The van der Waals surface area contributed by atoms with Crippen molar-refractivity contribution in [2.24, 2.45) is 9.98 Å². The Bertz CT molecular complexity index is 1830. The maximum atomic E-state index is 9.75. The number of benzene rings is 6. The Morgan fingerprint density at radius 3 is 0.825 bits per heavy atom. The molecule has 0 atom stereocenters. The van der Waals surface area contributed by atoms with Gasteiger partial charge >= 0.3 is 49.4 Å². The monoisotopic (exact) mass is 1320 g/mol. The molecular weight excluding hydrogens is 1270 g/mol. The summed E-state index contributed by atoms with van der Waals surface area (Å²) in [5, 5.41) is 5.70. The third kappa shape index (κ3) is 27.7. The molecule has 0 fully saturated rings. The van der Waals surface area contributed by atoms with E-state index in [1.807, 2.05) is 60.7 Å². The van der Waals surface area contributed by atoms with Crippen LogP contribution >= 0.6 is 39.0 Å². The van der Waals surface area contributed by atoms with Crippen molar-refractivity contribution in [3.05, 3.63) is 207 Å². The van der Waals surface area contributed by atoms with Gasteiger partial charge < -0.3 is 39.1 Å². The van der Waals surface area contributed by atoms with Gasteiger partial charge in [-0.05, 0) is 37.1 Å². The van der Waals surface area contributed by atoms with Gasteiger partial charge in [-0.3, -0.25) is 9.98 Å². The summed E-state index contributed by atoms with van der Waals surface area (Å²) in [6.07, 6.45) is 1.81. The molecule has 0 unspecified atom stereocenters. The molecule has 4 nitrogen and oxygen atoms in total. The number of hydrogen-bond acceptors (Lipinski definition) is 4. The van der Waals surface area contributed by atoms with Crippen LogP contribution in [0.1, 0.15) is 11.1 Å². The number of aliphatic imine (C=N–C) groups is 2. The molecule has 2 aliphatic heterocycles. The molecule has 6 aromatic rings. The average Bonchev–Trinajstić information content (AvgIpc) is 4.00. The largest absolute Gasteiger partial charge is 2.00 e. The van der Waals surface area contributed by atoms with Crippen LogP contribution in [0.15, 0.2) is 192 Å². The molecule has 0 spiro atoms. The number of nitrogens with zero attached hydrogens (tertiary/aromatic N) is 2. The third-order valence-corrected chi connectivity index (χ3v) is 12.7. The molecule has 8 rings (SSSR count). The fraction of sp³-hybridized carbons (Fsp3) is 0.149. The van der Waals surface area contributed by atoms with Gasteiger partial charge in [0.25, 0.3) is 0 Å². The van der Waals surface area contributed by atoms with Gasteiger partial charge in [-0.15, -0.1) is 47.5 Å². The van der Waals surface area contributed by atoms with Gasteiger partial charge in [0.2, 0.25) is 0 Å². The summed E-state index contributed by atoms with van der Waals surface area (Å²) in [5.74, 6) is 1.83. The van der Waals surface area contributed by atoms with E-state index in [1.54, 1.807) is 0 Å². The van der Waals surface area contributed by atoms with Crippen LogP contribution in [0, 0.1) is 13.8 Å². The molecule has 0 bridgehead atoms. The fourth-order valence-electron chi connectivity index (χ4n) is 5.27. The van der Waals surface area contributed by atoms with Crippen molar-refractivity contribution in [2.45, 2.75) is 0 Å². The fourth-order valence-corrected chi connectivity index (χ4v) is 9.65. The zero-order valence-electron chi connectivity index (χ0n) is 34.1. The standard InChI is InChI=1S/2C16H16NOP.2C7H7.CH2Cl2.BF4.ClH.2Pt/c2*1-3-7-14(8-4-1)19(13-16-17-11-12-18-16)15-9-5-2-6-10-15;2*1-7-5-3-2-4-6-7;2-1-3;2-1(3,4)5;;;/h2*1-10H,11-13H2;2*2-6H,1H2;1H2;;1H;;/q;;2*-1;;-1;;2*+2/p-1. The zero-order valence-corrected chi connectivity index (χ0v) is 42.7. The number of ether oxygens (including phenoxy) is 2. The molecule has 16 heteroatoms. The second-order valence-corrected chi connectivity index (χ2v) is 17.5. The van der Waals surface area contributed by atoms with Crippen LogP contribution in [0.3, 0.4) is 0 Å². The molecule has 0 aromatic heterocycles. The van der Waals surface area contributed by atoms with Gasteiger partial charge in [0.1, 0.15) is 13.2 Å². The average molecular weight is 1320 g/mol. The van der Waals surface area contributed by atoms with E-state index in [4.69, 9.17) is 32.7 Å². The molecule has 0 N–H and O–H groups in total. The Hall–Kier alpha value is -3.11. The van der Waals surface area contributed by atoms with Crippen molar-refractivity contribution in [1.29, 1.82) is 0 Å². The first kappa shape index (κ1) is 59.9. The first-order chi connectivity index (χ1) is 29.1. The minimum Gasteiger partial charge on any atom is -1.00 e. The summed E-state index contributed by atoms with van der Waals surface area (Å²) in [6.45, 7) is 10.5. The van der Waals surface area contributed by atoms with Gasteiger partial charge in [0.15, 0.2) is 11.8 Å². The summed E-state index contributed by atoms with van der Waals surface area (Å²) >= 11 is 9.53. The van der Waals surface area contributed by atoms with E-state index in [-0.39, 0.29) is 59.9 Å². The maximum absolute atomic E-state index is 9.75. The van der Waals surface area contributed by atoms with Crippen LogP contribution in [0.25, 0.3) is 0 Å². The van der Waals surface area contributed by atoms with Gasteiger partial charge in [-0.25, -0.2) is 0 Å². The molecule has 6 aromatic carbocycles. The Balaban J connectivity index is 0.000000810. The Kier molecular flexibility index (Phi) is 34.4. The predicted octanol–water partition coefficient (Wildman–Crippen LogP) is 8.55. The van der Waals surface area contributed by atoms with E-state index >= 15 is 0 Å². The molecule has 2 aliphatic rings. The minimum absolute atomic E-state index is 0. The summed E-state index contributed by atoms with van der Waals surface area (Å²) in [5.41, 5.74) is 2.14. The molecular formula is C47H48BCl3F4N2O2P2Pt2. The Morgan fingerprint density at radius 2 is 0.667 bits per heavy atom. The smallest absolute Gasteiger partial charge is 1.00 e. The molecule has 0 saturated heterocycles. The normalized spacial score (nSPS) is 11.7.